The Labute approximate surface area is 102 Å². The summed E-state index contributed by atoms with van der Waals surface area (Å²) in [6.45, 7) is 0.927. The molecule has 0 radical (unpaired) electrons. The lowest BCUT2D eigenvalue weighted by Gasteiger charge is -2.29. The molecular formula is C12H22N4O. The van der Waals surface area contributed by atoms with Crippen LogP contribution in [0.5, 0.6) is 0 Å². The topological polar surface area (TPSA) is 68.2 Å². The van der Waals surface area contributed by atoms with Crippen molar-refractivity contribution in [1.29, 1.82) is 0 Å². The summed E-state index contributed by atoms with van der Waals surface area (Å²) in [5.41, 5.74) is 5.97. The number of nitrogens with two attached hydrogens (primary N) is 1. The van der Waals surface area contributed by atoms with Crippen LogP contribution in [0.1, 0.15) is 43.8 Å². The third kappa shape index (κ3) is 3.04. The number of likely N-dealkylation sites (N-methyl/N-ethyl adjacent to an activating group) is 1. The Bertz CT molecular complexity index is 355. The standard InChI is InChI=1S/C12H22N4O/c1-16(2)9-6-10-14-11(17-15-10)12(13)7-4-3-5-8-12/h3-9,13H2,1-2H3. The normalized spacial score (nSPS) is 19.8. The minimum absolute atomic E-state index is 0.373. The van der Waals surface area contributed by atoms with Gasteiger partial charge >= 0.3 is 0 Å². The molecule has 0 aromatic carbocycles. The molecule has 0 bridgehead atoms. The van der Waals surface area contributed by atoms with Crippen molar-refractivity contribution in [2.45, 2.75) is 44.1 Å². The summed E-state index contributed by atoms with van der Waals surface area (Å²) in [5.74, 6) is 1.40. The van der Waals surface area contributed by atoms with Crippen molar-refractivity contribution < 1.29 is 4.52 Å². The zero-order valence-electron chi connectivity index (χ0n) is 10.8. The van der Waals surface area contributed by atoms with Crippen molar-refractivity contribution in [1.82, 2.24) is 15.0 Å². The van der Waals surface area contributed by atoms with E-state index in [0.29, 0.717) is 5.89 Å². The van der Waals surface area contributed by atoms with Crippen LogP contribution in [0.25, 0.3) is 0 Å². The van der Waals surface area contributed by atoms with Crippen LogP contribution in [0.3, 0.4) is 0 Å². The fourth-order valence-corrected chi connectivity index (χ4v) is 2.28. The van der Waals surface area contributed by atoms with Crippen LogP contribution >= 0.6 is 0 Å². The van der Waals surface area contributed by atoms with Gasteiger partial charge in [-0.2, -0.15) is 4.98 Å². The first-order chi connectivity index (χ1) is 8.10. The molecule has 2 N–H and O–H groups in total. The first-order valence-corrected chi connectivity index (χ1v) is 6.37. The zero-order chi connectivity index (χ0) is 12.3. The molecule has 0 aliphatic heterocycles. The highest BCUT2D eigenvalue weighted by molar-refractivity contribution is 5.03. The third-order valence-electron chi connectivity index (χ3n) is 3.42. The Kier molecular flexibility index (Phi) is 3.79. The average molecular weight is 238 g/mol. The first-order valence-electron chi connectivity index (χ1n) is 6.37. The molecule has 1 saturated carbocycles. The van der Waals surface area contributed by atoms with E-state index in [0.717, 1.165) is 44.5 Å². The van der Waals surface area contributed by atoms with E-state index in [1.807, 2.05) is 14.1 Å². The van der Waals surface area contributed by atoms with Crippen molar-refractivity contribution in [3.8, 4) is 0 Å². The SMILES string of the molecule is CN(C)CCc1noc(C2(N)CCCCC2)n1. The molecule has 0 spiro atoms. The minimum Gasteiger partial charge on any atom is -0.337 e. The Balaban J connectivity index is 2.01. The second-order valence-electron chi connectivity index (χ2n) is 5.29. The largest absolute Gasteiger partial charge is 0.337 e. The Morgan fingerprint density at radius 3 is 2.65 bits per heavy atom. The summed E-state index contributed by atoms with van der Waals surface area (Å²) in [7, 11) is 4.07. The van der Waals surface area contributed by atoms with Gasteiger partial charge in [-0.15, -0.1) is 0 Å². The van der Waals surface area contributed by atoms with Gasteiger partial charge in [0.1, 0.15) is 0 Å². The van der Waals surface area contributed by atoms with Crippen molar-refractivity contribution in [2.24, 2.45) is 5.73 Å². The lowest BCUT2D eigenvalue weighted by Crippen LogP contribution is -2.39. The molecule has 0 unspecified atom stereocenters. The second kappa shape index (κ2) is 5.14. The van der Waals surface area contributed by atoms with Gasteiger partial charge in [0.05, 0.1) is 5.54 Å². The number of hydrogen-bond donors (Lipinski definition) is 1. The Hall–Kier alpha value is -0.940. The number of rotatable bonds is 4. The van der Waals surface area contributed by atoms with Crippen LogP contribution in [0.2, 0.25) is 0 Å². The second-order valence-corrected chi connectivity index (χ2v) is 5.29. The molecule has 5 heteroatoms. The molecule has 5 nitrogen and oxygen atoms in total. The van der Waals surface area contributed by atoms with E-state index in [1.54, 1.807) is 0 Å². The smallest absolute Gasteiger partial charge is 0.246 e. The van der Waals surface area contributed by atoms with Gasteiger partial charge in [0.15, 0.2) is 5.82 Å². The molecule has 2 rings (SSSR count). The zero-order valence-corrected chi connectivity index (χ0v) is 10.8. The average Bonchev–Trinajstić information content (AvgIpc) is 2.76. The number of nitrogens with zero attached hydrogens (tertiary/aromatic N) is 3. The highest BCUT2D eigenvalue weighted by Gasteiger charge is 2.34. The van der Waals surface area contributed by atoms with Crippen LogP contribution in [0, 0.1) is 0 Å². The fraction of sp³-hybridized carbons (Fsp3) is 0.833. The van der Waals surface area contributed by atoms with Crippen molar-refractivity contribution in [2.75, 3.05) is 20.6 Å². The van der Waals surface area contributed by atoms with E-state index in [2.05, 4.69) is 15.0 Å². The summed E-state index contributed by atoms with van der Waals surface area (Å²) in [6, 6.07) is 0. The quantitative estimate of drug-likeness (QED) is 0.856. The van der Waals surface area contributed by atoms with Gasteiger partial charge in [0.25, 0.3) is 0 Å². The predicted molar refractivity (Wildman–Crippen MR) is 65.5 cm³/mol. The lowest BCUT2D eigenvalue weighted by molar-refractivity contribution is 0.219. The highest BCUT2D eigenvalue weighted by Crippen LogP contribution is 2.33. The molecule has 0 atom stereocenters. The van der Waals surface area contributed by atoms with E-state index in [-0.39, 0.29) is 5.54 Å². The monoisotopic (exact) mass is 238 g/mol. The molecule has 1 fully saturated rings. The molecule has 96 valence electrons. The van der Waals surface area contributed by atoms with Gasteiger partial charge in [-0.05, 0) is 26.9 Å². The van der Waals surface area contributed by atoms with Gasteiger partial charge in [-0.1, -0.05) is 24.4 Å². The van der Waals surface area contributed by atoms with Crippen LogP contribution in [-0.4, -0.2) is 35.7 Å². The van der Waals surface area contributed by atoms with Crippen LogP contribution in [0.15, 0.2) is 4.52 Å². The predicted octanol–water partition coefficient (Wildman–Crippen LogP) is 1.29. The maximum atomic E-state index is 6.34. The van der Waals surface area contributed by atoms with Crippen molar-refractivity contribution in [3.63, 3.8) is 0 Å². The Morgan fingerprint density at radius 1 is 1.29 bits per heavy atom. The molecule has 17 heavy (non-hydrogen) atoms. The van der Waals surface area contributed by atoms with Crippen LogP contribution < -0.4 is 5.73 Å². The third-order valence-corrected chi connectivity index (χ3v) is 3.42. The maximum Gasteiger partial charge on any atom is 0.246 e. The molecule has 1 heterocycles. The van der Waals surface area contributed by atoms with E-state index < -0.39 is 0 Å². The van der Waals surface area contributed by atoms with Gasteiger partial charge in [-0.3, -0.25) is 0 Å². The van der Waals surface area contributed by atoms with Crippen molar-refractivity contribution in [3.05, 3.63) is 11.7 Å². The number of aromatic nitrogens is 2. The summed E-state index contributed by atoms with van der Waals surface area (Å²) >= 11 is 0. The molecule has 1 aromatic heterocycles. The van der Waals surface area contributed by atoms with Gasteiger partial charge in [-0.25, -0.2) is 0 Å². The first kappa shape index (κ1) is 12.5. The fourth-order valence-electron chi connectivity index (χ4n) is 2.28. The number of hydrogen-bond acceptors (Lipinski definition) is 5. The summed E-state index contributed by atoms with van der Waals surface area (Å²) in [4.78, 5) is 6.55. The van der Waals surface area contributed by atoms with Crippen LogP contribution in [-0.2, 0) is 12.0 Å². The van der Waals surface area contributed by atoms with E-state index in [9.17, 15) is 0 Å². The Morgan fingerprint density at radius 2 is 2.00 bits per heavy atom. The highest BCUT2D eigenvalue weighted by atomic mass is 16.5. The molecule has 1 aliphatic rings. The maximum absolute atomic E-state index is 6.34. The molecule has 0 saturated heterocycles. The van der Waals surface area contributed by atoms with E-state index in [4.69, 9.17) is 10.3 Å². The summed E-state index contributed by atoms with van der Waals surface area (Å²) < 4.78 is 5.33. The van der Waals surface area contributed by atoms with E-state index in [1.165, 1.54) is 6.42 Å². The minimum atomic E-state index is -0.373. The van der Waals surface area contributed by atoms with Gasteiger partial charge in [0, 0.05) is 13.0 Å². The van der Waals surface area contributed by atoms with Crippen molar-refractivity contribution >= 4 is 0 Å². The molecule has 1 aliphatic carbocycles. The van der Waals surface area contributed by atoms with Gasteiger partial charge < -0.3 is 15.2 Å². The lowest BCUT2D eigenvalue weighted by atomic mass is 9.82. The van der Waals surface area contributed by atoms with E-state index >= 15 is 0 Å². The molecular weight excluding hydrogens is 216 g/mol. The molecule has 0 amide bonds. The van der Waals surface area contributed by atoms with Gasteiger partial charge in [0.2, 0.25) is 5.89 Å². The van der Waals surface area contributed by atoms with Crippen LogP contribution in [0.4, 0.5) is 0 Å². The summed E-state index contributed by atoms with van der Waals surface area (Å²) in [6.07, 6.45) is 6.32. The summed E-state index contributed by atoms with van der Waals surface area (Å²) in [5, 5.41) is 4.02. The molecule has 1 aromatic rings.